The van der Waals surface area contributed by atoms with Crippen molar-refractivity contribution in [1.82, 2.24) is 39.0 Å². The first-order valence-corrected chi connectivity index (χ1v) is 26.5. The highest BCUT2D eigenvalue weighted by atomic mass is 32.7. The van der Waals surface area contributed by atoms with Crippen molar-refractivity contribution in [2.45, 2.75) is 146 Å². The van der Waals surface area contributed by atoms with Gasteiger partial charge in [0.25, 0.3) is 5.56 Å². The number of esters is 1. The molecule has 0 aromatic carbocycles. The number of ether oxygens (including phenoxy) is 4. The second-order valence-electron chi connectivity index (χ2n) is 15.9. The third-order valence-corrected chi connectivity index (χ3v) is 15.6. The van der Waals surface area contributed by atoms with E-state index in [9.17, 15) is 23.6 Å². The minimum absolute atomic E-state index is 0.0166. The van der Waals surface area contributed by atoms with Gasteiger partial charge in [0.15, 0.2) is 47.4 Å². The van der Waals surface area contributed by atoms with Gasteiger partial charge >= 0.3 is 20.4 Å². The molecule has 2 unspecified atom stereocenters. The van der Waals surface area contributed by atoms with Crippen molar-refractivity contribution in [3.05, 3.63) is 35.7 Å². The van der Waals surface area contributed by atoms with Crippen LogP contribution in [-0.2, 0) is 46.4 Å². The first kappa shape index (κ1) is 48.5. The van der Waals surface area contributed by atoms with Gasteiger partial charge in [-0.1, -0.05) is 84.0 Å². The highest BCUT2D eigenvalue weighted by Crippen LogP contribution is 2.64. The molecule has 10 atom stereocenters. The van der Waals surface area contributed by atoms with E-state index < -0.39 is 101 Å². The van der Waals surface area contributed by atoms with E-state index in [-0.39, 0.29) is 34.6 Å². The van der Waals surface area contributed by atoms with E-state index in [0.717, 1.165) is 44.7 Å². The van der Waals surface area contributed by atoms with Gasteiger partial charge in [0.2, 0.25) is 0 Å². The number of anilines is 1. The Morgan fingerprint density at radius 2 is 1.47 bits per heavy atom. The molecule has 4 aromatic heterocycles. The summed E-state index contributed by atoms with van der Waals surface area (Å²) in [4.78, 5) is 58.8. The Bertz CT molecular complexity index is 2330. The van der Waals surface area contributed by atoms with Gasteiger partial charge in [0, 0.05) is 17.8 Å². The fourth-order valence-corrected chi connectivity index (χ4v) is 11.5. The average molecular weight is 962 g/mol. The molecule has 0 saturated carbocycles. The van der Waals surface area contributed by atoms with Crippen LogP contribution in [0.4, 0.5) is 14.6 Å². The summed E-state index contributed by atoms with van der Waals surface area (Å²) in [7, 11) is -4.74. The summed E-state index contributed by atoms with van der Waals surface area (Å²) in [6.07, 6.45) is 4.55. The minimum Gasteiger partial charge on any atom is -0.454 e. The van der Waals surface area contributed by atoms with Gasteiger partial charge in [-0.3, -0.25) is 32.3 Å². The zero-order valence-electron chi connectivity index (χ0n) is 35.4. The quantitative estimate of drug-likeness (QED) is 0.0377. The molecule has 7 heterocycles. The van der Waals surface area contributed by atoms with Crippen molar-refractivity contribution >= 4 is 59.9 Å². The summed E-state index contributed by atoms with van der Waals surface area (Å²) in [5.41, 5.74) is 5.39. The maximum absolute atomic E-state index is 16.5. The highest BCUT2D eigenvalue weighted by Gasteiger charge is 2.54. The van der Waals surface area contributed by atoms with Gasteiger partial charge < -0.3 is 39.1 Å². The van der Waals surface area contributed by atoms with E-state index in [0.29, 0.717) is 17.8 Å². The number of nitrogens with two attached hydrogens (primary N) is 1. The molecule has 3 fully saturated rings. The lowest BCUT2D eigenvalue weighted by atomic mass is 10.0. The van der Waals surface area contributed by atoms with Crippen LogP contribution in [0.3, 0.4) is 0 Å². The topological polar surface area (TPSA) is 269 Å². The van der Waals surface area contributed by atoms with Crippen LogP contribution in [0.2, 0.25) is 0 Å². The van der Waals surface area contributed by atoms with Gasteiger partial charge in [-0.15, -0.1) is 0 Å². The Morgan fingerprint density at radius 3 is 2.19 bits per heavy atom. The van der Waals surface area contributed by atoms with Gasteiger partial charge in [-0.05, 0) is 6.42 Å². The van der Waals surface area contributed by atoms with Crippen LogP contribution >= 0.6 is 25.8 Å². The monoisotopic (exact) mass is 961 g/mol. The van der Waals surface area contributed by atoms with Crippen molar-refractivity contribution in [2.24, 2.45) is 0 Å². The third-order valence-electron chi connectivity index (χ3n) is 11.3. The molecule has 4 N–H and O–H groups in total. The number of rotatable bonds is 19. The van der Waals surface area contributed by atoms with Crippen molar-refractivity contribution in [3.63, 3.8) is 0 Å². The van der Waals surface area contributed by atoms with Crippen LogP contribution in [-0.4, -0.2) is 112 Å². The number of hydrogen-bond donors (Lipinski definition) is 3. The summed E-state index contributed by atoms with van der Waals surface area (Å²) in [6, 6.07) is 0. The predicted molar refractivity (Wildman–Crippen MR) is 228 cm³/mol. The third kappa shape index (κ3) is 11.9. The SMILES string of the molecule is CCCCCCCCCCCCCCCC(=O)OCSP1(=O)OC[C@H]2O[C@@H](n3cnc4c(N)ncnc43)[C@H](F)[C@@H]2OCP(=O)(O)OC[C@H]2O[C@@H](n3cnc4c(=O)[nH]cnc43)[C@H](O1)[C@@H]2F. The van der Waals surface area contributed by atoms with E-state index in [1.807, 2.05) is 0 Å². The molecule has 26 heteroatoms. The Morgan fingerprint density at radius 1 is 0.844 bits per heavy atom. The summed E-state index contributed by atoms with van der Waals surface area (Å²) >= 11 is 0.430. The largest absolute Gasteiger partial charge is 0.454 e. The number of nitrogens with one attached hydrogen (secondary N) is 1. The molecule has 3 saturated heterocycles. The lowest BCUT2D eigenvalue weighted by Crippen LogP contribution is -2.36. The number of halogens is 2. The Kier molecular flexibility index (Phi) is 16.9. The number of unbranched alkanes of at least 4 members (excludes halogenated alkanes) is 12. The Labute approximate surface area is 371 Å². The van der Waals surface area contributed by atoms with E-state index in [1.54, 1.807) is 0 Å². The number of hydrogen-bond acceptors (Lipinski definition) is 18. The fraction of sp³-hybridized carbons (Fsp3) is 0.711. The van der Waals surface area contributed by atoms with Crippen LogP contribution in [0.25, 0.3) is 22.3 Å². The standard InChI is InChI=1S/C38H55F2N9O12P2S/c1-2-3-4-5-6-7-8-9-10-11-12-13-14-15-26(50)56-23-64-63(54)58-17-25-31(28(40)37(60-25)48-20-46-29-33(41)42-18-43-34(29)48)55-22-62(52,53)57-16-24-27(39)32(61-63)38(59-24)49-21-47-30-35(49)44-19-45-36(30)51/h18-21,24-25,27-28,31-32,37-38H,2-17,22-23H2,1H3,(H,52,53)(H2,41,42,43)(H,44,45,51)/t24-,25-,27-,28-,31-,32-,37-,38-,63?/m1/s1. The number of H-pyrrole nitrogens is 1. The second kappa shape index (κ2) is 22.4. The first-order chi connectivity index (χ1) is 30.9. The smallest absolute Gasteiger partial charge is 0.393 e. The number of aromatic amines is 1. The molecule has 64 heavy (non-hydrogen) atoms. The second-order valence-corrected chi connectivity index (χ2v) is 21.7. The molecule has 0 amide bonds. The molecule has 3 aliphatic rings. The maximum atomic E-state index is 16.5. The summed E-state index contributed by atoms with van der Waals surface area (Å²) < 4.78 is 103. The molecule has 21 nitrogen and oxygen atoms in total. The van der Waals surface area contributed by atoms with Crippen molar-refractivity contribution in [1.29, 1.82) is 0 Å². The molecule has 0 aliphatic carbocycles. The van der Waals surface area contributed by atoms with Gasteiger partial charge in [0.1, 0.15) is 48.5 Å². The Balaban J connectivity index is 1.04. The number of carbonyl (C=O) groups excluding carboxylic acids is 1. The van der Waals surface area contributed by atoms with Crippen LogP contribution in [0.5, 0.6) is 0 Å². The van der Waals surface area contributed by atoms with E-state index in [1.165, 1.54) is 66.8 Å². The van der Waals surface area contributed by atoms with E-state index >= 15 is 8.78 Å². The van der Waals surface area contributed by atoms with Gasteiger partial charge in [-0.25, -0.2) is 38.3 Å². The number of nitrogen functional groups attached to an aromatic ring is 1. The molecule has 7 rings (SSSR count). The minimum atomic E-state index is -4.74. The summed E-state index contributed by atoms with van der Waals surface area (Å²) in [6.45, 7) is -4.06. The van der Waals surface area contributed by atoms with E-state index in [4.69, 9.17) is 38.3 Å². The van der Waals surface area contributed by atoms with Crippen LogP contribution < -0.4 is 11.3 Å². The highest BCUT2D eigenvalue weighted by molar-refractivity contribution is 8.55. The lowest BCUT2D eigenvalue weighted by molar-refractivity contribution is -0.141. The number of fused-ring (bicyclic) bond motifs is 5. The zero-order chi connectivity index (χ0) is 45.3. The molecule has 4 aromatic rings. The van der Waals surface area contributed by atoms with Crippen molar-refractivity contribution < 1.29 is 60.1 Å². The number of imidazole rings is 2. The van der Waals surface area contributed by atoms with Crippen molar-refractivity contribution in [3.8, 4) is 0 Å². The molecular formula is C38H55F2N9O12P2S. The average Bonchev–Trinajstić information content (AvgIpc) is 4.04. The predicted octanol–water partition coefficient (Wildman–Crippen LogP) is 6.80. The lowest BCUT2D eigenvalue weighted by Gasteiger charge is -2.27. The van der Waals surface area contributed by atoms with Gasteiger partial charge in [-0.2, -0.15) is 0 Å². The van der Waals surface area contributed by atoms with E-state index in [2.05, 4.69) is 36.8 Å². The normalized spacial score (nSPS) is 30.1. The maximum Gasteiger partial charge on any atom is 0.393 e. The number of carbonyl (C=O) groups is 1. The number of alkyl halides is 2. The molecule has 0 spiro atoms. The molecule has 0 radical (unpaired) electrons. The van der Waals surface area contributed by atoms with Crippen LogP contribution in [0, 0.1) is 0 Å². The fourth-order valence-electron chi connectivity index (χ4n) is 7.86. The number of nitrogens with zero attached hydrogens (tertiary/aromatic N) is 7. The number of aromatic nitrogens is 8. The molecular weight excluding hydrogens is 906 g/mol. The molecule has 3 aliphatic heterocycles. The van der Waals surface area contributed by atoms with Gasteiger partial charge in [0.05, 0.1) is 32.2 Å². The van der Waals surface area contributed by atoms with Crippen LogP contribution in [0.1, 0.15) is 109 Å². The summed E-state index contributed by atoms with van der Waals surface area (Å²) in [5.74, 6) is -1.09. The molecule has 2 bridgehead atoms. The van der Waals surface area contributed by atoms with Crippen LogP contribution in [0.15, 0.2) is 30.1 Å². The molecule has 354 valence electrons. The summed E-state index contributed by atoms with van der Waals surface area (Å²) in [5, 5.41) is 0. The zero-order valence-corrected chi connectivity index (χ0v) is 38.0. The first-order valence-electron chi connectivity index (χ1n) is 21.6. The van der Waals surface area contributed by atoms with Crippen molar-refractivity contribution in [2.75, 3.05) is 31.2 Å². The Hall–Kier alpha value is -3.44.